The molecule has 0 aliphatic carbocycles. The van der Waals surface area contributed by atoms with Crippen LogP contribution in [0.5, 0.6) is 0 Å². The molecular formula is C20H41NaO. The molecular weight excluding hydrogens is 279 g/mol. The number of hydrogen-bond donors (Lipinski definition) is 0. The van der Waals surface area contributed by atoms with Crippen LogP contribution in [0.1, 0.15) is 122 Å². The van der Waals surface area contributed by atoms with Gasteiger partial charge >= 0.3 is 29.6 Å². The number of hydrogen-bond acceptors (Lipinski definition) is 1. The first-order chi connectivity index (χ1) is 10.4. The Hall–Kier alpha value is 0.960. The molecule has 0 heterocycles. The molecule has 0 bridgehead atoms. The van der Waals surface area contributed by atoms with Crippen molar-refractivity contribution in [3.63, 3.8) is 0 Å². The van der Waals surface area contributed by atoms with E-state index in [0.29, 0.717) is 0 Å². The second kappa shape index (κ2) is 24.2. The molecule has 0 atom stereocenters. The summed E-state index contributed by atoms with van der Waals surface area (Å²) in [5, 5.41) is 10.3. The van der Waals surface area contributed by atoms with Crippen LogP contribution in [0.3, 0.4) is 0 Å². The first kappa shape index (κ1) is 25.2. The van der Waals surface area contributed by atoms with Crippen LogP contribution in [0.4, 0.5) is 0 Å². The average Bonchev–Trinajstić information content (AvgIpc) is 2.50. The van der Waals surface area contributed by atoms with Crippen molar-refractivity contribution >= 4 is 0 Å². The summed E-state index contributed by atoms with van der Waals surface area (Å²) in [7, 11) is 0. The SMILES string of the molecule is CCCCCCCCCCCCCCCCCCCC[O-].[Na+]. The van der Waals surface area contributed by atoms with Crippen LogP contribution in [-0.4, -0.2) is 6.61 Å². The number of rotatable bonds is 18. The third kappa shape index (κ3) is 23.2. The molecule has 0 aliphatic rings. The second-order valence-corrected chi connectivity index (χ2v) is 6.71. The minimum Gasteiger partial charge on any atom is -0.854 e. The quantitative estimate of drug-likeness (QED) is 0.280. The molecule has 0 radical (unpaired) electrons. The molecule has 0 aliphatic heterocycles. The van der Waals surface area contributed by atoms with Gasteiger partial charge in [-0.15, -0.1) is 6.61 Å². The molecule has 0 fully saturated rings. The van der Waals surface area contributed by atoms with Crippen LogP contribution < -0.4 is 34.7 Å². The van der Waals surface area contributed by atoms with E-state index in [9.17, 15) is 5.11 Å². The van der Waals surface area contributed by atoms with Crippen molar-refractivity contribution in [2.24, 2.45) is 0 Å². The fourth-order valence-electron chi connectivity index (χ4n) is 3.00. The fourth-order valence-corrected chi connectivity index (χ4v) is 3.00. The Labute approximate surface area is 163 Å². The van der Waals surface area contributed by atoms with Crippen molar-refractivity contribution in [2.45, 2.75) is 122 Å². The van der Waals surface area contributed by atoms with E-state index in [4.69, 9.17) is 0 Å². The minimum absolute atomic E-state index is 0. The van der Waals surface area contributed by atoms with E-state index < -0.39 is 0 Å². The van der Waals surface area contributed by atoms with Gasteiger partial charge in [0.15, 0.2) is 0 Å². The summed E-state index contributed by atoms with van der Waals surface area (Å²) >= 11 is 0. The minimum atomic E-state index is 0. The van der Waals surface area contributed by atoms with E-state index in [0.717, 1.165) is 12.8 Å². The maximum Gasteiger partial charge on any atom is 1.00 e. The molecule has 0 aromatic heterocycles. The maximum atomic E-state index is 10.3. The Morgan fingerprint density at radius 1 is 0.409 bits per heavy atom. The molecule has 1 nitrogen and oxygen atoms in total. The van der Waals surface area contributed by atoms with E-state index in [2.05, 4.69) is 6.92 Å². The van der Waals surface area contributed by atoms with Crippen LogP contribution in [0, 0.1) is 0 Å². The molecule has 0 aromatic carbocycles. The molecule has 0 unspecified atom stereocenters. The summed E-state index contributed by atoms with van der Waals surface area (Å²) in [6.07, 6.45) is 24.8. The van der Waals surface area contributed by atoms with Gasteiger partial charge in [0.2, 0.25) is 0 Å². The van der Waals surface area contributed by atoms with Crippen molar-refractivity contribution in [1.29, 1.82) is 0 Å². The molecule has 22 heavy (non-hydrogen) atoms. The Balaban J connectivity index is 0. The normalized spacial score (nSPS) is 10.6. The van der Waals surface area contributed by atoms with E-state index >= 15 is 0 Å². The number of unbranched alkanes of at least 4 members (excludes halogenated alkanes) is 17. The van der Waals surface area contributed by atoms with Gasteiger partial charge in [0, 0.05) is 0 Å². The predicted molar refractivity (Wildman–Crippen MR) is 93.6 cm³/mol. The molecule has 128 valence electrons. The van der Waals surface area contributed by atoms with Crippen molar-refractivity contribution in [3.05, 3.63) is 0 Å². The van der Waals surface area contributed by atoms with Crippen molar-refractivity contribution in [3.8, 4) is 0 Å². The van der Waals surface area contributed by atoms with Gasteiger partial charge in [-0.2, -0.15) is 0 Å². The Morgan fingerprint density at radius 3 is 0.864 bits per heavy atom. The molecule has 0 aromatic rings. The summed E-state index contributed by atoms with van der Waals surface area (Å²) in [5.74, 6) is 0. The molecule has 0 saturated heterocycles. The van der Waals surface area contributed by atoms with Crippen LogP contribution in [-0.2, 0) is 0 Å². The third-order valence-corrected chi connectivity index (χ3v) is 4.50. The first-order valence-corrected chi connectivity index (χ1v) is 10.00. The Kier molecular flexibility index (Phi) is 27.7. The molecule has 0 amide bonds. The molecule has 0 rings (SSSR count). The zero-order valence-electron chi connectivity index (χ0n) is 15.8. The molecule has 0 N–H and O–H groups in total. The molecule has 0 saturated carbocycles. The van der Waals surface area contributed by atoms with Gasteiger partial charge in [0.25, 0.3) is 0 Å². The summed E-state index contributed by atoms with van der Waals surface area (Å²) in [4.78, 5) is 0. The van der Waals surface area contributed by atoms with Gasteiger partial charge in [-0.1, -0.05) is 122 Å². The molecule has 2 heteroatoms. The average molecular weight is 321 g/mol. The van der Waals surface area contributed by atoms with E-state index in [1.807, 2.05) is 0 Å². The summed E-state index contributed by atoms with van der Waals surface area (Å²) in [5.41, 5.74) is 0. The fraction of sp³-hybridized carbons (Fsp3) is 1.00. The van der Waals surface area contributed by atoms with Crippen molar-refractivity contribution in [2.75, 3.05) is 6.61 Å². The van der Waals surface area contributed by atoms with Crippen molar-refractivity contribution < 1.29 is 34.7 Å². The Bertz CT molecular complexity index is 155. The molecule has 0 spiro atoms. The van der Waals surface area contributed by atoms with E-state index in [1.165, 1.54) is 103 Å². The van der Waals surface area contributed by atoms with Gasteiger partial charge in [0.1, 0.15) is 0 Å². The van der Waals surface area contributed by atoms with E-state index in [-0.39, 0.29) is 36.2 Å². The van der Waals surface area contributed by atoms with Gasteiger partial charge < -0.3 is 5.11 Å². The van der Waals surface area contributed by atoms with E-state index in [1.54, 1.807) is 0 Å². The van der Waals surface area contributed by atoms with Gasteiger partial charge in [-0.05, 0) is 0 Å². The van der Waals surface area contributed by atoms with Gasteiger partial charge in [-0.3, -0.25) is 0 Å². The maximum absolute atomic E-state index is 10.3. The zero-order chi connectivity index (χ0) is 15.4. The summed E-state index contributed by atoms with van der Waals surface area (Å²) < 4.78 is 0. The largest absolute Gasteiger partial charge is 1.00 e. The smallest absolute Gasteiger partial charge is 0.854 e. The van der Waals surface area contributed by atoms with Crippen molar-refractivity contribution in [1.82, 2.24) is 0 Å². The predicted octanol–water partition coefficient (Wildman–Crippen LogP) is 3.39. The van der Waals surface area contributed by atoms with Crippen LogP contribution >= 0.6 is 0 Å². The van der Waals surface area contributed by atoms with Crippen LogP contribution in [0.15, 0.2) is 0 Å². The standard InChI is InChI=1S/C20H41O.Na/c1-2-3-4-5-6-7-8-9-10-11-12-13-14-15-16-17-18-19-20-21;/h2-20H2,1H3;/q-1;+1. The summed E-state index contributed by atoms with van der Waals surface area (Å²) in [6, 6.07) is 0. The van der Waals surface area contributed by atoms with Gasteiger partial charge in [-0.25, -0.2) is 0 Å². The first-order valence-electron chi connectivity index (χ1n) is 10.00. The Morgan fingerprint density at radius 2 is 0.636 bits per heavy atom. The second-order valence-electron chi connectivity index (χ2n) is 6.71. The topological polar surface area (TPSA) is 23.1 Å². The zero-order valence-corrected chi connectivity index (χ0v) is 17.8. The van der Waals surface area contributed by atoms with Crippen LogP contribution in [0.25, 0.3) is 0 Å². The monoisotopic (exact) mass is 320 g/mol. The van der Waals surface area contributed by atoms with Gasteiger partial charge in [0.05, 0.1) is 0 Å². The summed E-state index contributed by atoms with van der Waals surface area (Å²) in [6.45, 7) is 2.41. The third-order valence-electron chi connectivity index (χ3n) is 4.50. The van der Waals surface area contributed by atoms with Crippen LogP contribution in [0.2, 0.25) is 0 Å².